The summed E-state index contributed by atoms with van der Waals surface area (Å²) in [5, 5.41) is 0. The molecule has 0 fully saturated rings. The minimum absolute atomic E-state index is 0.0848. The van der Waals surface area contributed by atoms with Crippen molar-refractivity contribution < 1.29 is 19.1 Å². The van der Waals surface area contributed by atoms with Crippen molar-refractivity contribution in [1.82, 2.24) is 0 Å². The lowest BCUT2D eigenvalue weighted by Crippen LogP contribution is -2.41. The maximum atomic E-state index is 14.0. The predicted molar refractivity (Wildman–Crippen MR) is 161 cm³/mol. The molecule has 0 aromatic heterocycles. The number of hydrogen-bond acceptors (Lipinski definition) is 4. The second-order valence-electron chi connectivity index (χ2n) is 9.91. The second kappa shape index (κ2) is 13.5. The maximum absolute atomic E-state index is 14.0. The molecular formula is C34H36N2O4. The first-order valence-electron chi connectivity index (χ1n) is 13.6. The van der Waals surface area contributed by atoms with E-state index in [-0.39, 0.29) is 37.1 Å². The number of carbonyl (C=O) groups excluding carboxylic acids is 2. The van der Waals surface area contributed by atoms with Crippen molar-refractivity contribution in [3.8, 4) is 11.5 Å². The molecule has 0 aliphatic rings. The standard InChI is InChI=1S/C34H36N2O4/c1-25(2)39-31-21-13-11-19-29(31)33(37)35(27-15-7-5-8-16-27)23-24-36(28-17-9-6-10-18-28)34(38)30-20-12-14-22-32(30)40-26(3)4/h5-22,25-26H,23-24H2,1-4H3. The van der Waals surface area contributed by atoms with Crippen LogP contribution >= 0.6 is 0 Å². The van der Waals surface area contributed by atoms with E-state index in [1.54, 1.807) is 21.9 Å². The van der Waals surface area contributed by atoms with Crippen molar-refractivity contribution in [2.45, 2.75) is 39.9 Å². The molecule has 0 spiro atoms. The fraction of sp³-hybridized carbons (Fsp3) is 0.235. The number of nitrogens with zero attached hydrogens (tertiary/aromatic N) is 2. The van der Waals surface area contributed by atoms with Crippen molar-refractivity contribution >= 4 is 23.2 Å². The van der Waals surface area contributed by atoms with Gasteiger partial charge in [-0.1, -0.05) is 60.7 Å². The van der Waals surface area contributed by atoms with E-state index in [1.165, 1.54) is 0 Å². The van der Waals surface area contributed by atoms with Gasteiger partial charge in [-0.3, -0.25) is 9.59 Å². The van der Waals surface area contributed by atoms with Gasteiger partial charge in [-0.25, -0.2) is 0 Å². The van der Waals surface area contributed by atoms with E-state index in [9.17, 15) is 9.59 Å². The minimum atomic E-state index is -0.202. The molecule has 0 aliphatic heterocycles. The fourth-order valence-corrected chi connectivity index (χ4v) is 4.40. The number of rotatable bonds is 11. The molecule has 0 unspecified atom stereocenters. The van der Waals surface area contributed by atoms with Gasteiger partial charge in [0.1, 0.15) is 11.5 Å². The molecule has 6 nitrogen and oxygen atoms in total. The van der Waals surface area contributed by atoms with Crippen LogP contribution in [0.1, 0.15) is 48.4 Å². The van der Waals surface area contributed by atoms with Gasteiger partial charge in [-0.05, 0) is 76.2 Å². The van der Waals surface area contributed by atoms with Crippen molar-refractivity contribution in [1.29, 1.82) is 0 Å². The van der Waals surface area contributed by atoms with Crippen molar-refractivity contribution in [2.75, 3.05) is 22.9 Å². The molecule has 0 saturated carbocycles. The van der Waals surface area contributed by atoms with E-state index >= 15 is 0 Å². The molecule has 4 rings (SSSR count). The van der Waals surface area contributed by atoms with Crippen LogP contribution in [-0.4, -0.2) is 37.1 Å². The van der Waals surface area contributed by atoms with Crippen LogP contribution in [-0.2, 0) is 0 Å². The van der Waals surface area contributed by atoms with Crippen molar-refractivity contribution in [3.05, 3.63) is 120 Å². The highest BCUT2D eigenvalue weighted by Crippen LogP contribution is 2.27. The third-order valence-electron chi connectivity index (χ3n) is 6.13. The first-order chi connectivity index (χ1) is 19.3. The lowest BCUT2D eigenvalue weighted by Gasteiger charge is -2.29. The van der Waals surface area contributed by atoms with Gasteiger partial charge in [0, 0.05) is 24.5 Å². The Hall–Kier alpha value is -4.58. The SMILES string of the molecule is CC(C)Oc1ccccc1C(=O)N(CCN(C(=O)c1ccccc1OC(C)C)c1ccccc1)c1ccccc1. The largest absolute Gasteiger partial charge is 0.490 e. The van der Waals surface area contributed by atoms with Gasteiger partial charge in [-0.15, -0.1) is 0 Å². The normalized spacial score (nSPS) is 10.8. The average molecular weight is 537 g/mol. The monoisotopic (exact) mass is 536 g/mol. The molecular weight excluding hydrogens is 500 g/mol. The number of amides is 2. The Morgan fingerprint density at radius 2 is 0.850 bits per heavy atom. The average Bonchev–Trinajstić information content (AvgIpc) is 2.96. The van der Waals surface area contributed by atoms with Gasteiger partial charge in [0.25, 0.3) is 11.8 Å². The van der Waals surface area contributed by atoms with E-state index in [2.05, 4.69) is 0 Å². The van der Waals surface area contributed by atoms with Gasteiger partial charge in [0.05, 0.1) is 23.3 Å². The fourth-order valence-electron chi connectivity index (χ4n) is 4.40. The van der Waals surface area contributed by atoms with Crippen LogP contribution in [0.3, 0.4) is 0 Å². The number of benzene rings is 4. The summed E-state index contributed by atoms with van der Waals surface area (Å²) in [7, 11) is 0. The Bertz CT molecular complexity index is 1290. The highest BCUT2D eigenvalue weighted by molar-refractivity contribution is 6.09. The van der Waals surface area contributed by atoms with Crippen LogP contribution in [0, 0.1) is 0 Å². The van der Waals surface area contributed by atoms with Crippen LogP contribution in [0.15, 0.2) is 109 Å². The third kappa shape index (κ3) is 7.08. The maximum Gasteiger partial charge on any atom is 0.262 e. The van der Waals surface area contributed by atoms with Crippen LogP contribution in [0.25, 0.3) is 0 Å². The van der Waals surface area contributed by atoms with Crippen LogP contribution in [0.2, 0.25) is 0 Å². The first-order valence-corrected chi connectivity index (χ1v) is 13.6. The summed E-state index contributed by atoms with van der Waals surface area (Å²) < 4.78 is 11.9. The van der Waals surface area contributed by atoms with Gasteiger partial charge in [0.15, 0.2) is 0 Å². The molecule has 2 amide bonds. The summed E-state index contributed by atoms with van der Waals surface area (Å²) >= 11 is 0. The van der Waals surface area contributed by atoms with Crippen molar-refractivity contribution in [2.24, 2.45) is 0 Å². The molecule has 0 saturated heterocycles. The van der Waals surface area contributed by atoms with E-state index in [1.807, 2.05) is 125 Å². The zero-order valence-corrected chi connectivity index (χ0v) is 23.5. The summed E-state index contributed by atoms with van der Waals surface area (Å²) in [6, 6.07) is 33.5. The molecule has 0 atom stereocenters. The second-order valence-corrected chi connectivity index (χ2v) is 9.91. The number of hydrogen-bond donors (Lipinski definition) is 0. The molecule has 0 bridgehead atoms. The Kier molecular flexibility index (Phi) is 9.57. The highest BCUT2D eigenvalue weighted by Gasteiger charge is 2.26. The molecule has 4 aromatic carbocycles. The first kappa shape index (κ1) is 28.4. The topological polar surface area (TPSA) is 59.1 Å². The Labute approximate surface area is 236 Å². The molecule has 0 radical (unpaired) electrons. The number of ether oxygens (including phenoxy) is 2. The van der Waals surface area contributed by atoms with Gasteiger partial charge in [0.2, 0.25) is 0 Å². The lowest BCUT2D eigenvalue weighted by atomic mass is 10.1. The zero-order valence-electron chi connectivity index (χ0n) is 23.5. The molecule has 40 heavy (non-hydrogen) atoms. The molecule has 6 heteroatoms. The lowest BCUT2D eigenvalue weighted by molar-refractivity contribution is 0.0961. The van der Waals surface area contributed by atoms with Gasteiger partial charge >= 0.3 is 0 Å². The van der Waals surface area contributed by atoms with Gasteiger partial charge in [-0.2, -0.15) is 0 Å². The summed E-state index contributed by atoms with van der Waals surface area (Å²) in [6.07, 6.45) is -0.170. The van der Waals surface area contributed by atoms with E-state index in [0.717, 1.165) is 11.4 Å². The Morgan fingerprint density at radius 1 is 0.525 bits per heavy atom. The number of para-hydroxylation sites is 4. The number of anilines is 2. The molecule has 0 heterocycles. The van der Waals surface area contributed by atoms with Crippen LogP contribution < -0.4 is 19.3 Å². The van der Waals surface area contributed by atoms with Crippen molar-refractivity contribution in [3.63, 3.8) is 0 Å². The smallest absolute Gasteiger partial charge is 0.262 e. The molecule has 0 aliphatic carbocycles. The summed E-state index contributed by atoms with van der Waals surface area (Å²) in [4.78, 5) is 31.5. The molecule has 206 valence electrons. The Morgan fingerprint density at radius 3 is 1.20 bits per heavy atom. The third-order valence-corrected chi connectivity index (χ3v) is 6.13. The quantitative estimate of drug-likeness (QED) is 0.203. The van der Waals surface area contributed by atoms with Crippen LogP contribution in [0.4, 0.5) is 11.4 Å². The molecule has 4 aromatic rings. The van der Waals surface area contributed by atoms with Crippen LogP contribution in [0.5, 0.6) is 11.5 Å². The number of carbonyl (C=O) groups is 2. The predicted octanol–water partition coefficient (Wildman–Crippen LogP) is 7.25. The van der Waals surface area contributed by atoms with E-state index < -0.39 is 0 Å². The summed E-state index contributed by atoms with van der Waals surface area (Å²) in [6.45, 7) is 8.24. The zero-order chi connectivity index (χ0) is 28.5. The highest BCUT2D eigenvalue weighted by atomic mass is 16.5. The van der Waals surface area contributed by atoms with E-state index in [4.69, 9.17) is 9.47 Å². The summed E-state index contributed by atoms with van der Waals surface area (Å²) in [5.41, 5.74) is 2.40. The molecule has 0 N–H and O–H groups in total. The van der Waals surface area contributed by atoms with Gasteiger partial charge < -0.3 is 19.3 Å². The minimum Gasteiger partial charge on any atom is -0.490 e. The summed E-state index contributed by atoms with van der Waals surface area (Å²) in [5.74, 6) is 0.649. The van der Waals surface area contributed by atoms with E-state index in [0.29, 0.717) is 22.6 Å². The Balaban J connectivity index is 1.70.